The Labute approximate surface area is 123 Å². The van der Waals surface area contributed by atoms with Crippen LogP contribution in [0.15, 0.2) is 42.6 Å². The van der Waals surface area contributed by atoms with Crippen molar-refractivity contribution in [1.29, 1.82) is 0 Å². The van der Waals surface area contributed by atoms with Gasteiger partial charge in [0, 0.05) is 24.0 Å². The minimum atomic E-state index is -0.223. The molecular formula is C16H18N2O3. The zero-order valence-electron chi connectivity index (χ0n) is 12.1. The van der Waals surface area contributed by atoms with Crippen molar-refractivity contribution in [1.82, 2.24) is 4.98 Å². The highest BCUT2D eigenvalue weighted by atomic mass is 16.5. The number of pyridine rings is 1. The molecule has 0 saturated carbocycles. The number of nitrogens with zero attached hydrogens (tertiary/aromatic N) is 1. The molecule has 0 unspecified atom stereocenters. The summed E-state index contributed by atoms with van der Waals surface area (Å²) in [4.78, 5) is 16.2. The first-order chi connectivity index (χ1) is 10.2. The van der Waals surface area contributed by atoms with E-state index in [1.165, 1.54) is 6.20 Å². The lowest BCUT2D eigenvalue weighted by Gasteiger charge is -2.08. The van der Waals surface area contributed by atoms with E-state index in [1.54, 1.807) is 18.2 Å². The molecule has 0 aliphatic rings. The summed E-state index contributed by atoms with van der Waals surface area (Å²) in [5, 5.41) is 2.81. The Hall–Kier alpha value is -2.56. The number of anilines is 1. The average Bonchev–Trinajstić information content (AvgIpc) is 2.49. The Balaban J connectivity index is 2.05. The summed E-state index contributed by atoms with van der Waals surface area (Å²) in [6, 6.07) is 10.6. The minimum Gasteiger partial charge on any atom is -0.494 e. The molecule has 0 aliphatic heterocycles. The van der Waals surface area contributed by atoms with E-state index in [1.807, 2.05) is 32.0 Å². The topological polar surface area (TPSA) is 60.5 Å². The van der Waals surface area contributed by atoms with Gasteiger partial charge in [0.15, 0.2) is 0 Å². The zero-order valence-corrected chi connectivity index (χ0v) is 12.1. The van der Waals surface area contributed by atoms with Crippen LogP contribution in [0, 0.1) is 0 Å². The van der Waals surface area contributed by atoms with Crippen LogP contribution in [0.2, 0.25) is 0 Å². The van der Waals surface area contributed by atoms with Gasteiger partial charge in [-0.15, -0.1) is 0 Å². The normalized spacial score (nSPS) is 10.0. The fourth-order valence-corrected chi connectivity index (χ4v) is 1.78. The van der Waals surface area contributed by atoms with E-state index in [2.05, 4.69) is 10.3 Å². The van der Waals surface area contributed by atoms with Gasteiger partial charge in [-0.05, 0) is 32.0 Å². The molecule has 0 radical (unpaired) electrons. The third-order valence-corrected chi connectivity index (χ3v) is 2.69. The maximum Gasteiger partial charge on any atom is 0.257 e. The summed E-state index contributed by atoms with van der Waals surface area (Å²) in [5.41, 5.74) is 1.15. The Kier molecular flexibility index (Phi) is 5.15. The number of nitrogens with one attached hydrogen (secondary N) is 1. The number of aromatic nitrogens is 1. The van der Waals surface area contributed by atoms with Crippen LogP contribution in [-0.2, 0) is 0 Å². The van der Waals surface area contributed by atoms with E-state index in [9.17, 15) is 4.79 Å². The molecule has 0 atom stereocenters. The smallest absolute Gasteiger partial charge is 0.257 e. The first-order valence-corrected chi connectivity index (χ1v) is 6.86. The average molecular weight is 286 g/mol. The summed E-state index contributed by atoms with van der Waals surface area (Å²) < 4.78 is 10.6. The standard InChI is InChI=1S/C16H18N2O3/c1-3-20-14-7-5-6-13(10-14)18-16(19)12-8-9-15(17-11-12)21-4-2/h5-11H,3-4H2,1-2H3,(H,18,19). The van der Waals surface area contributed by atoms with Crippen molar-refractivity contribution in [2.24, 2.45) is 0 Å². The number of amides is 1. The molecule has 5 heteroatoms. The van der Waals surface area contributed by atoms with Crippen LogP contribution in [0.25, 0.3) is 0 Å². The highest BCUT2D eigenvalue weighted by Gasteiger charge is 2.07. The van der Waals surface area contributed by atoms with Gasteiger partial charge >= 0.3 is 0 Å². The van der Waals surface area contributed by atoms with Crippen molar-refractivity contribution in [3.05, 3.63) is 48.2 Å². The summed E-state index contributed by atoms with van der Waals surface area (Å²) in [6.45, 7) is 4.92. The summed E-state index contributed by atoms with van der Waals surface area (Å²) in [5.74, 6) is 1.01. The van der Waals surface area contributed by atoms with Crippen LogP contribution in [0.3, 0.4) is 0 Å². The SMILES string of the molecule is CCOc1cccc(NC(=O)c2ccc(OCC)nc2)c1. The van der Waals surface area contributed by atoms with Gasteiger partial charge < -0.3 is 14.8 Å². The number of carbonyl (C=O) groups is 1. The predicted octanol–water partition coefficient (Wildman–Crippen LogP) is 3.13. The molecule has 5 nitrogen and oxygen atoms in total. The van der Waals surface area contributed by atoms with E-state index in [-0.39, 0.29) is 5.91 Å². The Morgan fingerprint density at radius 3 is 2.62 bits per heavy atom. The largest absolute Gasteiger partial charge is 0.494 e. The number of ether oxygens (including phenoxy) is 2. The van der Waals surface area contributed by atoms with E-state index < -0.39 is 0 Å². The van der Waals surface area contributed by atoms with Crippen LogP contribution >= 0.6 is 0 Å². The molecule has 110 valence electrons. The minimum absolute atomic E-state index is 0.223. The number of rotatable bonds is 6. The summed E-state index contributed by atoms with van der Waals surface area (Å²) >= 11 is 0. The molecule has 1 N–H and O–H groups in total. The monoisotopic (exact) mass is 286 g/mol. The Bertz CT molecular complexity index is 597. The molecule has 1 aromatic carbocycles. The van der Waals surface area contributed by atoms with Gasteiger partial charge in [-0.1, -0.05) is 6.07 Å². The Morgan fingerprint density at radius 2 is 1.95 bits per heavy atom. The second kappa shape index (κ2) is 7.28. The third kappa shape index (κ3) is 4.21. The fraction of sp³-hybridized carbons (Fsp3) is 0.250. The van der Waals surface area contributed by atoms with Gasteiger partial charge in [0.1, 0.15) is 5.75 Å². The Morgan fingerprint density at radius 1 is 1.14 bits per heavy atom. The van der Waals surface area contributed by atoms with Crippen molar-refractivity contribution in [2.75, 3.05) is 18.5 Å². The van der Waals surface area contributed by atoms with Gasteiger partial charge in [-0.3, -0.25) is 4.79 Å². The number of hydrogen-bond donors (Lipinski definition) is 1. The lowest BCUT2D eigenvalue weighted by molar-refractivity contribution is 0.102. The van der Waals surface area contributed by atoms with Crippen LogP contribution in [0.4, 0.5) is 5.69 Å². The van der Waals surface area contributed by atoms with Crippen molar-refractivity contribution in [3.63, 3.8) is 0 Å². The second-order valence-corrected chi connectivity index (χ2v) is 4.23. The molecular weight excluding hydrogens is 268 g/mol. The van der Waals surface area contributed by atoms with Crippen LogP contribution in [0.5, 0.6) is 11.6 Å². The van der Waals surface area contributed by atoms with Crippen LogP contribution < -0.4 is 14.8 Å². The van der Waals surface area contributed by atoms with Gasteiger partial charge in [-0.2, -0.15) is 0 Å². The highest BCUT2D eigenvalue weighted by Crippen LogP contribution is 2.18. The van der Waals surface area contributed by atoms with Crippen molar-refractivity contribution >= 4 is 11.6 Å². The molecule has 0 bridgehead atoms. The molecule has 1 amide bonds. The van der Waals surface area contributed by atoms with E-state index in [0.717, 1.165) is 5.75 Å². The molecule has 1 heterocycles. The second-order valence-electron chi connectivity index (χ2n) is 4.23. The van der Waals surface area contributed by atoms with Crippen LogP contribution in [0.1, 0.15) is 24.2 Å². The van der Waals surface area contributed by atoms with Crippen molar-refractivity contribution in [3.8, 4) is 11.6 Å². The third-order valence-electron chi connectivity index (χ3n) is 2.69. The summed E-state index contributed by atoms with van der Waals surface area (Å²) in [6.07, 6.45) is 1.49. The first kappa shape index (κ1) is 14.8. The van der Waals surface area contributed by atoms with Gasteiger partial charge in [-0.25, -0.2) is 4.98 Å². The lowest BCUT2D eigenvalue weighted by Crippen LogP contribution is -2.12. The van der Waals surface area contributed by atoms with Crippen molar-refractivity contribution < 1.29 is 14.3 Å². The quantitative estimate of drug-likeness (QED) is 0.886. The molecule has 2 rings (SSSR count). The predicted molar refractivity (Wildman–Crippen MR) is 81.0 cm³/mol. The molecule has 0 aliphatic carbocycles. The highest BCUT2D eigenvalue weighted by molar-refractivity contribution is 6.04. The summed E-state index contributed by atoms with van der Waals surface area (Å²) in [7, 11) is 0. The van der Waals surface area contributed by atoms with Crippen molar-refractivity contribution in [2.45, 2.75) is 13.8 Å². The van der Waals surface area contributed by atoms with Gasteiger partial charge in [0.2, 0.25) is 5.88 Å². The van der Waals surface area contributed by atoms with Gasteiger partial charge in [0.25, 0.3) is 5.91 Å². The number of benzene rings is 1. The molecule has 0 fully saturated rings. The van der Waals surface area contributed by atoms with Gasteiger partial charge in [0.05, 0.1) is 18.8 Å². The molecule has 2 aromatic rings. The fourth-order valence-electron chi connectivity index (χ4n) is 1.78. The molecule has 0 saturated heterocycles. The lowest BCUT2D eigenvalue weighted by atomic mass is 10.2. The number of hydrogen-bond acceptors (Lipinski definition) is 4. The maximum absolute atomic E-state index is 12.1. The van der Waals surface area contributed by atoms with E-state index in [4.69, 9.17) is 9.47 Å². The number of carbonyl (C=O) groups excluding carboxylic acids is 1. The molecule has 0 spiro atoms. The van der Waals surface area contributed by atoms with E-state index >= 15 is 0 Å². The molecule has 21 heavy (non-hydrogen) atoms. The zero-order chi connectivity index (χ0) is 15.1. The first-order valence-electron chi connectivity index (χ1n) is 6.86. The molecule has 1 aromatic heterocycles. The maximum atomic E-state index is 12.1. The van der Waals surface area contributed by atoms with E-state index in [0.29, 0.717) is 30.3 Å². The van der Waals surface area contributed by atoms with Crippen LogP contribution in [-0.4, -0.2) is 24.1 Å².